The Morgan fingerprint density at radius 1 is 1.50 bits per heavy atom. The molecule has 0 aliphatic rings. The van der Waals surface area contributed by atoms with E-state index >= 15 is 0 Å². The Kier molecular flexibility index (Phi) is 3.48. The maximum absolute atomic E-state index is 12.2. The molecule has 0 saturated carbocycles. The van der Waals surface area contributed by atoms with E-state index < -0.39 is 10.0 Å². The number of imidazole rings is 1. The van der Waals surface area contributed by atoms with Gasteiger partial charge in [-0.2, -0.15) is 9.40 Å². The van der Waals surface area contributed by atoms with Crippen LogP contribution in [0.25, 0.3) is 0 Å². The van der Waals surface area contributed by atoms with Crippen molar-refractivity contribution in [3.05, 3.63) is 30.5 Å². The first-order valence-electron chi connectivity index (χ1n) is 5.50. The van der Waals surface area contributed by atoms with Crippen LogP contribution in [0.15, 0.2) is 29.9 Å². The predicted molar refractivity (Wildman–Crippen MR) is 65.1 cm³/mol. The summed E-state index contributed by atoms with van der Waals surface area (Å²) in [7, 11) is -2.02. The molecule has 0 radical (unpaired) electrons. The molecule has 0 bridgehead atoms. The first-order valence-corrected chi connectivity index (χ1v) is 6.94. The summed E-state index contributed by atoms with van der Waals surface area (Å²) in [6.07, 6.45) is 6.30. The molecule has 0 aliphatic carbocycles. The van der Waals surface area contributed by atoms with Crippen molar-refractivity contribution in [2.45, 2.75) is 25.0 Å². The molecule has 8 heteroatoms. The number of nitrogens with zero attached hydrogens (tertiary/aromatic N) is 4. The van der Waals surface area contributed by atoms with E-state index in [0.29, 0.717) is 6.54 Å². The quantitative estimate of drug-likeness (QED) is 0.854. The van der Waals surface area contributed by atoms with Gasteiger partial charge in [0.15, 0.2) is 5.03 Å². The van der Waals surface area contributed by atoms with Crippen molar-refractivity contribution in [3.63, 3.8) is 0 Å². The van der Waals surface area contributed by atoms with E-state index in [1.165, 1.54) is 23.9 Å². The van der Waals surface area contributed by atoms with Crippen LogP contribution in [-0.4, -0.2) is 39.5 Å². The topological polar surface area (TPSA) is 83.9 Å². The molecule has 18 heavy (non-hydrogen) atoms. The number of H-pyrrole nitrogens is 1. The highest BCUT2D eigenvalue weighted by Gasteiger charge is 2.23. The minimum absolute atomic E-state index is 0.0651. The molecule has 2 aromatic heterocycles. The summed E-state index contributed by atoms with van der Waals surface area (Å²) in [4.78, 5) is 3.92. The van der Waals surface area contributed by atoms with Crippen molar-refractivity contribution in [1.29, 1.82) is 0 Å². The lowest BCUT2D eigenvalue weighted by Crippen LogP contribution is -2.26. The minimum atomic E-state index is -3.54. The Morgan fingerprint density at radius 3 is 2.83 bits per heavy atom. The lowest BCUT2D eigenvalue weighted by Gasteiger charge is -2.14. The van der Waals surface area contributed by atoms with Gasteiger partial charge in [-0.15, -0.1) is 0 Å². The van der Waals surface area contributed by atoms with Gasteiger partial charge >= 0.3 is 0 Å². The van der Waals surface area contributed by atoms with Crippen LogP contribution in [0.4, 0.5) is 0 Å². The second kappa shape index (κ2) is 4.91. The third-order valence-electron chi connectivity index (χ3n) is 2.61. The van der Waals surface area contributed by atoms with Gasteiger partial charge in [-0.05, 0) is 6.92 Å². The van der Waals surface area contributed by atoms with E-state index in [2.05, 4.69) is 15.2 Å². The lowest BCUT2D eigenvalue weighted by atomic mass is 10.4. The fraction of sp³-hybridized carbons (Fsp3) is 0.400. The van der Waals surface area contributed by atoms with Crippen LogP contribution >= 0.6 is 0 Å². The number of sulfonamides is 1. The van der Waals surface area contributed by atoms with Crippen molar-refractivity contribution in [2.24, 2.45) is 0 Å². The molecule has 0 amide bonds. The van der Waals surface area contributed by atoms with Gasteiger partial charge in [-0.1, -0.05) is 0 Å². The highest BCUT2D eigenvalue weighted by atomic mass is 32.2. The molecule has 7 nitrogen and oxygen atoms in total. The van der Waals surface area contributed by atoms with Gasteiger partial charge in [0.05, 0.1) is 12.5 Å². The van der Waals surface area contributed by atoms with Crippen molar-refractivity contribution in [1.82, 2.24) is 24.1 Å². The van der Waals surface area contributed by atoms with Gasteiger partial charge in [0, 0.05) is 38.1 Å². The van der Waals surface area contributed by atoms with Gasteiger partial charge < -0.3 is 4.57 Å². The van der Waals surface area contributed by atoms with Gasteiger partial charge in [-0.25, -0.2) is 13.4 Å². The van der Waals surface area contributed by atoms with Crippen LogP contribution in [0.3, 0.4) is 0 Å². The number of hydrogen-bond donors (Lipinski definition) is 1. The highest BCUT2D eigenvalue weighted by molar-refractivity contribution is 7.89. The average Bonchev–Trinajstić information content (AvgIpc) is 2.99. The van der Waals surface area contributed by atoms with E-state index in [-0.39, 0.29) is 11.6 Å². The Labute approximate surface area is 106 Å². The first-order chi connectivity index (χ1) is 8.54. The van der Waals surface area contributed by atoms with Crippen molar-refractivity contribution < 1.29 is 8.42 Å². The molecule has 0 fully saturated rings. The van der Waals surface area contributed by atoms with E-state index in [1.807, 2.05) is 6.92 Å². The van der Waals surface area contributed by atoms with Crippen LogP contribution in [-0.2, 0) is 23.1 Å². The molecule has 0 aromatic carbocycles. The van der Waals surface area contributed by atoms with E-state index in [1.54, 1.807) is 17.0 Å². The summed E-state index contributed by atoms with van der Waals surface area (Å²) in [6.45, 7) is 2.87. The lowest BCUT2D eigenvalue weighted by molar-refractivity contribution is 0.464. The first kappa shape index (κ1) is 12.8. The molecule has 1 N–H and O–H groups in total. The Morgan fingerprint density at radius 2 is 2.28 bits per heavy atom. The summed E-state index contributed by atoms with van der Waals surface area (Å²) >= 11 is 0. The SMILES string of the molecule is CCn1cnc(S(=O)(=O)N(C)Cc2cn[nH]c2)c1. The van der Waals surface area contributed by atoms with E-state index in [0.717, 1.165) is 5.56 Å². The molecule has 0 saturated heterocycles. The van der Waals surface area contributed by atoms with Crippen LogP contribution < -0.4 is 0 Å². The number of aryl methyl sites for hydroxylation is 1. The fourth-order valence-corrected chi connectivity index (χ4v) is 2.60. The third kappa shape index (κ3) is 2.44. The smallest absolute Gasteiger partial charge is 0.262 e. The Hall–Kier alpha value is -1.67. The van der Waals surface area contributed by atoms with Crippen LogP contribution in [0, 0.1) is 0 Å². The zero-order valence-corrected chi connectivity index (χ0v) is 11.1. The largest absolute Gasteiger partial charge is 0.336 e. The average molecular weight is 269 g/mol. The highest BCUT2D eigenvalue weighted by Crippen LogP contribution is 2.14. The van der Waals surface area contributed by atoms with Crippen LogP contribution in [0.2, 0.25) is 0 Å². The Bertz CT molecular complexity index is 602. The molecule has 0 atom stereocenters. The number of nitrogens with one attached hydrogen (secondary N) is 1. The van der Waals surface area contributed by atoms with Gasteiger partial charge in [0.25, 0.3) is 10.0 Å². The fourth-order valence-electron chi connectivity index (χ4n) is 1.51. The third-order valence-corrected chi connectivity index (χ3v) is 4.30. The monoisotopic (exact) mass is 269 g/mol. The number of hydrogen-bond acceptors (Lipinski definition) is 4. The molecular formula is C10H15N5O2S. The summed E-state index contributed by atoms with van der Waals surface area (Å²) in [5.74, 6) is 0. The second-order valence-corrected chi connectivity index (χ2v) is 5.90. The van der Waals surface area contributed by atoms with Crippen molar-refractivity contribution in [3.8, 4) is 0 Å². The van der Waals surface area contributed by atoms with Crippen molar-refractivity contribution in [2.75, 3.05) is 7.05 Å². The maximum atomic E-state index is 12.2. The summed E-state index contributed by atoms with van der Waals surface area (Å²) in [6, 6.07) is 0. The zero-order valence-electron chi connectivity index (χ0n) is 10.2. The summed E-state index contributed by atoms with van der Waals surface area (Å²) in [5, 5.41) is 6.49. The number of rotatable bonds is 5. The summed E-state index contributed by atoms with van der Waals surface area (Å²) in [5.41, 5.74) is 0.802. The standard InChI is InChI=1S/C10H15N5O2S/c1-3-15-7-10(11-8-15)18(16,17)14(2)6-9-4-12-13-5-9/h4-5,7-8H,3,6H2,1-2H3,(H,12,13). The van der Waals surface area contributed by atoms with Crippen LogP contribution in [0.5, 0.6) is 0 Å². The molecule has 2 heterocycles. The van der Waals surface area contributed by atoms with E-state index in [4.69, 9.17) is 0 Å². The maximum Gasteiger partial charge on any atom is 0.262 e. The normalized spacial score (nSPS) is 12.2. The summed E-state index contributed by atoms with van der Waals surface area (Å²) < 4.78 is 27.4. The molecular weight excluding hydrogens is 254 g/mol. The number of aromatic amines is 1. The molecule has 0 aliphatic heterocycles. The molecule has 0 unspecified atom stereocenters. The minimum Gasteiger partial charge on any atom is -0.336 e. The molecule has 98 valence electrons. The van der Waals surface area contributed by atoms with Crippen LogP contribution in [0.1, 0.15) is 12.5 Å². The predicted octanol–water partition coefficient (Wildman–Crippen LogP) is 0.447. The molecule has 2 aromatic rings. The molecule has 0 spiro atoms. The zero-order chi connectivity index (χ0) is 13.2. The Balaban J connectivity index is 2.19. The van der Waals surface area contributed by atoms with Gasteiger partial charge in [-0.3, -0.25) is 5.10 Å². The number of aromatic nitrogens is 4. The van der Waals surface area contributed by atoms with Gasteiger partial charge in [0.1, 0.15) is 0 Å². The van der Waals surface area contributed by atoms with Gasteiger partial charge in [0.2, 0.25) is 0 Å². The van der Waals surface area contributed by atoms with E-state index in [9.17, 15) is 8.42 Å². The van der Waals surface area contributed by atoms with Crippen molar-refractivity contribution >= 4 is 10.0 Å². The second-order valence-electron chi connectivity index (χ2n) is 3.91. The molecule has 2 rings (SSSR count).